The first kappa shape index (κ1) is 14.3. The molecule has 0 aliphatic heterocycles. The fraction of sp³-hybridized carbons (Fsp3) is 0.538. The van der Waals surface area contributed by atoms with E-state index in [4.69, 9.17) is 9.47 Å². The molecule has 1 aromatic carbocycles. The summed E-state index contributed by atoms with van der Waals surface area (Å²) in [6, 6.07) is 5.78. The van der Waals surface area contributed by atoms with Gasteiger partial charge in [0.1, 0.15) is 0 Å². The topological polar surface area (TPSA) is 30.5 Å². The Balaban J connectivity index is 2.35. The van der Waals surface area contributed by atoms with Crippen molar-refractivity contribution in [3.63, 3.8) is 0 Å². The van der Waals surface area contributed by atoms with Crippen LogP contribution in [0.2, 0.25) is 0 Å². The van der Waals surface area contributed by atoms with Gasteiger partial charge in [0.05, 0.1) is 18.2 Å². The summed E-state index contributed by atoms with van der Waals surface area (Å²) in [6.45, 7) is 4.91. The number of nitrogens with one attached hydrogen (secondary N) is 1. The fourth-order valence-electron chi connectivity index (χ4n) is 1.46. The van der Waals surface area contributed by atoms with E-state index in [0.29, 0.717) is 6.61 Å². The lowest BCUT2D eigenvalue weighted by Crippen LogP contribution is -2.18. The Hall–Kier alpha value is -0.740. The van der Waals surface area contributed by atoms with E-state index < -0.39 is 0 Å². The smallest absolute Gasteiger partial charge is 0.175 e. The molecule has 0 amide bonds. The predicted octanol–water partition coefficient (Wildman–Crippen LogP) is 3.23. The van der Waals surface area contributed by atoms with E-state index in [-0.39, 0.29) is 0 Å². The van der Waals surface area contributed by atoms with Crippen LogP contribution in [0.4, 0.5) is 0 Å². The second-order valence-corrected chi connectivity index (χ2v) is 4.58. The van der Waals surface area contributed by atoms with E-state index in [2.05, 4.69) is 28.2 Å². The molecule has 0 saturated carbocycles. The molecule has 0 bridgehead atoms. The van der Waals surface area contributed by atoms with Gasteiger partial charge < -0.3 is 14.8 Å². The summed E-state index contributed by atoms with van der Waals surface area (Å²) in [5, 5.41) is 3.34. The molecule has 1 rings (SSSR count). The maximum Gasteiger partial charge on any atom is 0.175 e. The van der Waals surface area contributed by atoms with Gasteiger partial charge in [0.15, 0.2) is 11.5 Å². The average molecular weight is 302 g/mol. The molecule has 0 aliphatic rings. The van der Waals surface area contributed by atoms with Crippen LogP contribution in [0.5, 0.6) is 11.5 Å². The normalized spacial score (nSPS) is 10.3. The van der Waals surface area contributed by atoms with Crippen molar-refractivity contribution in [3.05, 3.63) is 22.7 Å². The summed E-state index contributed by atoms with van der Waals surface area (Å²) in [4.78, 5) is 0. The lowest BCUT2D eigenvalue weighted by atomic mass is 10.3. The Morgan fingerprint density at radius 2 is 2.12 bits per heavy atom. The number of para-hydroxylation sites is 1. The number of benzene rings is 1. The molecular formula is C13H20BrNO2. The van der Waals surface area contributed by atoms with Crippen molar-refractivity contribution in [2.45, 2.75) is 19.8 Å². The molecule has 0 atom stereocenters. The maximum absolute atomic E-state index is 5.73. The van der Waals surface area contributed by atoms with Gasteiger partial charge in [0.25, 0.3) is 0 Å². The number of halogens is 1. The van der Waals surface area contributed by atoms with Crippen molar-refractivity contribution in [2.75, 3.05) is 26.8 Å². The minimum atomic E-state index is 0.690. The zero-order chi connectivity index (χ0) is 12.5. The van der Waals surface area contributed by atoms with Gasteiger partial charge in [-0.05, 0) is 54.0 Å². The number of rotatable bonds is 8. The maximum atomic E-state index is 5.73. The first-order chi connectivity index (χ1) is 8.29. The van der Waals surface area contributed by atoms with E-state index in [9.17, 15) is 0 Å². The summed E-state index contributed by atoms with van der Waals surface area (Å²) < 4.78 is 11.9. The summed E-state index contributed by atoms with van der Waals surface area (Å²) in [6.07, 6.45) is 2.16. The van der Waals surface area contributed by atoms with E-state index in [1.807, 2.05) is 18.2 Å². The minimum absolute atomic E-state index is 0.690. The zero-order valence-electron chi connectivity index (χ0n) is 10.5. The predicted molar refractivity (Wildman–Crippen MR) is 74.0 cm³/mol. The summed E-state index contributed by atoms with van der Waals surface area (Å²) in [5.41, 5.74) is 0. The first-order valence-electron chi connectivity index (χ1n) is 5.95. The van der Waals surface area contributed by atoms with Crippen molar-refractivity contribution >= 4 is 15.9 Å². The first-order valence-corrected chi connectivity index (χ1v) is 6.75. The highest BCUT2D eigenvalue weighted by Gasteiger charge is 2.07. The fourth-order valence-corrected chi connectivity index (χ4v) is 1.93. The lowest BCUT2D eigenvalue weighted by Gasteiger charge is -2.12. The Kier molecular flexibility index (Phi) is 7.05. The molecule has 0 saturated heterocycles. The lowest BCUT2D eigenvalue weighted by molar-refractivity contribution is 0.286. The van der Waals surface area contributed by atoms with Crippen molar-refractivity contribution in [2.24, 2.45) is 0 Å². The van der Waals surface area contributed by atoms with Crippen LogP contribution in [0.3, 0.4) is 0 Å². The van der Waals surface area contributed by atoms with Crippen LogP contribution in [0, 0.1) is 0 Å². The third-order valence-corrected chi connectivity index (χ3v) is 2.95. The van der Waals surface area contributed by atoms with Gasteiger partial charge in [-0.15, -0.1) is 0 Å². The molecule has 1 N–H and O–H groups in total. The Bertz CT molecular complexity index is 331. The number of methoxy groups -OCH3 is 1. The van der Waals surface area contributed by atoms with Crippen LogP contribution in [0.25, 0.3) is 0 Å². The van der Waals surface area contributed by atoms with Gasteiger partial charge in [-0.25, -0.2) is 0 Å². The molecule has 96 valence electrons. The van der Waals surface area contributed by atoms with Crippen LogP contribution in [-0.2, 0) is 0 Å². The molecule has 3 nitrogen and oxygen atoms in total. The monoisotopic (exact) mass is 301 g/mol. The van der Waals surface area contributed by atoms with Gasteiger partial charge in [0.2, 0.25) is 0 Å². The molecule has 0 radical (unpaired) electrons. The molecular weight excluding hydrogens is 282 g/mol. The van der Waals surface area contributed by atoms with Crippen molar-refractivity contribution in [3.8, 4) is 11.5 Å². The molecule has 17 heavy (non-hydrogen) atoms. The molecule has 0 fully saturated rings. The molecule has 0 aliphatic carbocycles. The highest BCUT2D eigenvalue weighted by molar-refractivity contribution is 9.10. The summed E-state index contributed by atoms with van der Waals surface area (Å²) in [5.74, 6) is 1.55. The zero-order valence-corrected chi connectivity index (χ0v) is 12.0. The Morgan fingerprint density at radius 3 is 2.82 bits per heavy atom. The number of hydrogen-bond donors (Lipinski definition) is 1. The van der Waals surface area contributed by atoms with E-state index in [0.717, 1.165) is 35.5 Å². The van der Waals surface area contributed by atoms with Crippen LogP contribution in [0.1, 0.15) is 19.8 Å². The summed E-state index contributed by atoms with van der Waals surface area (Å²) in [7, 11) is 1.65. The highest BCUT2D eigenvalue weighted by Crippen LogP contribution is 2.34. The summed E-state index contributed by atoms with van der Waals surface area (Å²) >= 11 is 3.46. The van der Waals surface area contributed by atoms with Gasteiger partial charge in [0, 0.05) is 0 Å². The molecule has 0 spiro atoms. The van der Waals surface area contributed by atoms with Crippen LogP contribution in [0.15, 0.2) is 22.7 Å². The van der Waals surface area contributed by atoms with E-state index in [1.54, 1.807) is 7.11 Å². The largest absolute Gasteiger partial charge is 0.493 e. The average Bonchev–Trinajstić information content (AvgIpc) is 2.35. The molecule has 0 unspecified atom stereocenters. The highest BCUT2D eigenvalue weighted by atomic mass is 79.9. The number of ether oxygens (including phenoxy) is 2. The van der Waals surface area contributed by atoms with Gasteiger partial charge in [-0.1, -0.05) is 13.0 Å². The van der Waals surface area contributed by atoms with Gasteiger partial charge in [-0.2, -0.15) is 0 Å². The molecule has 1 aromatic rings. The SMILES string of the molecule is CCCNCCCOc1c(Br)cccc1OC. The van der Waals surface area contributed by atoms with Gasteiger partial charge in [-0.3, -0.25) is 0 Å². The Morgan fingerprint density at radius 1 is 1.29 bits per heavy atom. The van der Waals surface area contributed by atoms with Crippen molar-refractivity contribution < 1.29 is 9.47 Å². The quantitative estimate of drug-likeness (QED) is 0.748. The second-order valence-electron chi connectivity index (χ2n) is 3.72. The third-order valence-electron chi connectivity index (χ3n) is 2.32. The molecule has 0 heterocycles. The number of hydrogen-bond acceptors (Lipinski definition) is 3. The van der Waals surface area contributed by atoms with Crippen molar-refractivity contribution in [1.29, 1.82) is 0 Å². The second kappa shape index (κ2) is 8.37. The van der Waals surface area contributed by atoms with E-state index >= 15 is 0 Å². The minimum Gasteiger partial charge on any atom is -0.493 e. The van der Waals surface area contributed by atoms with Crippen LogP contribution >= 0.6 is 15.9 Å². The van der Waals surface area contributed by atoms with Crippen LogP contribution in [-0.4, -0.2) is 26.8 Å². The molecule has 4 heteroatoms. The van der Waals surface area contributed by atoms with E-state index in [1.165, 1.54) is 6.42 Å². The van der Waals surface area contributed by atoms with Crippen LogP contribution < -0.4 is 14.8 Å². The third kappa shape index (κ3) is 4.96. The van der Waals surface area contributed by atoms with Gasteiger partial charge >= 0.3 is 0 Å². The standard InChI is InChI=1S/C13H20BrNO2/c1-3-8-15-9-5-10-17-13-11(14)6-4-7-12(13)16-2/h4,6-7,15H,3,5,8-10H2,1-2H3. The Labute approximate surface area is 112 Å². The molecule has 0 aromatic heterocycles. The van der Waals surface area contributed by atoms with Crippen molar-refractivity contribution in [1.82, 2.24) is 5.32 Å².